The molecule has 3 rings (SSSR count). The molecule has 6 heteroatoms. The molecule has 2 heterocycles. The highest BCUT2D eigenvalue weighted by Crippen LogP contribution is 2.25. The van der Waals surface area contributed by atoms with Crippen molar-refractivity contribution < 1.29 is 4.79 Å². The molecule has 0 bridgehead atoms. The zero-order valence-electron chi connectivity index (χ0n) is 14.2. The molecule has 0 aliphatic heterocycles. The smallest absolute Gasteiger partial charge is 0.277 e. The van der Waals surface area contributed by atoms with Crippen LogP contribution in [0.4, 0.5) is 0 Å². The molecule has 1 aliphatic carbocycles. The average molecular weight is 316 g/mol. The van der Waals surface area contributed by atoms with Crippen molar-refractivity contribution in [1.82, 2.24) is 19.5 Å². The SMILES string of the molecule is CN(Cc1c(C=O)nc2cc(C(C)(C)C)[nH]n2c1=O)C1CCC1. The van der Waals surface area contributed by atoms with Gasteiger partial charge in [0.1, 0.15) is 5.69 Å². The third-order valence-electron chi connectivity index (χ3n) is 4.77. The summed E-state index contributed by atoms with van der Waals surface area (Å²) in [6, 6.07) is 2.34. The number of aromatic nitrogens is 3. The molecule has 0 spiro atoms. The van der Waals surface area contributed by atoms with Crippen molar-refractivity contribution in [2.24, 2.45) is 0 Å². The van der Waals surface area contributed by atoms with E-state index in [1.54, 1.807) is 0 Å². The number of carbonyl (C=O) groups is 1. The van der Waals surface area contributed by atoms with Crippen LogP contribution in [0.2, 0.25) is 0 Å². The van der Waals surface area contributed by atoms with Gasteiger partial charge in [0.05, 0.1) is 5.56 Å². The van der Waals surface area contributed by atoms with Crippen LogP contribution >= 0.6 is 0 Å². The molecule has 2 aromatic heterocycles. The number of aldehydes is 1. The van der Waals surface area contributed by atoms with Gasteiger partial charge in [-0.25, -0.2) is 9.50 Å². The van der Waals surface area contributed by atoms with Crippen LogP contribution in [-0.2, 0) is 12.0 Å². The van der Waals surface area contributed by atoms with Crippen LogP contribution in [0.25, 0.3) is 5.65 Å². The Morgan fingerprint density at radius 3 is 2.65 bits per heavy atom. The summed E-state index contributed by atoms with van der Waals surface area (Å²) in [4.78, 5) is 30.8. The van der Waals surface area contributed by atoms with Crippen LogP contribution in [0.5, 0.6) is 0 Å². The quantitative estimate of drug-likeness (QED) is 0.877. The van der Waals surface area contributed by atoms with E-state index >= 15 is 0 Å². The second-order valence-corrected chi connectivity index (χ2v) is 7.51. The van der Waals surface area contributed by atoms with Gasteiger partial charge in [-0.3, -0.25) is 19.6 Å². The van der Waals surface area contributed by atoms with Crippen molar-refractivity contribution in [3.8, 4) is 0 Å². The molecule has 2 aromatic rings. The van der Waals surface area contributed by atoms with Crippen LogP contribution in [-0.4, -0.2) is 38.9 Å². The van der Waals surface area contributed by atoms with Gasteiger partial charge >= 0.3 is 0 Å². The molecule has 0 atom stereocenters. The van der Waals surface area contributed by atoms with Gasteiger partial charge in [0, 0.05) is 29.8 Å². The van der Waals surface area contributed by atoms with Gasteiger partial charge < -0.3 is 0 Å². The van der Waals surface area contributed by atoms with Gasteiger partial charge in [-0.2, -0.15) is 0 Å². The standard InChI is InChI=1S/C17H24N4O2/c1-17(2,3)14-8-15-18-13(10-22)12(16(23)21(15)19-14)9-20(4)11-6-5-7-11/h8,10-11,19H,5-7,9H2,1-4H3. The number of aromatic amines is 1. The summed E-state index contributed by atoms with van der Waals surface area (Å²) in [5.74, 6) is 0. The Morgan fingerprint density at radius 1 is 1.43 bits per heavy atom. The van der Waals surface area contributed by atoms with Crippen molar-refractivity contribution in [2.45, 2.75) is 58.0 Å². The number of nitrogens with zero attached hydrogens (tertiary/aromatic N) is 3. The monoisotopic (exact) mass is 316 g/mol. The maximum Gasteiger partial charge on any atom is 0.277 e. The second kappa shape index (κ2) is 5.60. The fraction of sp³-hybridized carbons (Fsp3) is 0.588. The minimum Gasteiger partial charge on any atom is -0.299 e. The predicted molar refractivity (Wildman–Crippen MR) is 89.0 cm³/mol. The number of hydrogen-bond acceptors (Lipinski definition) is 4. The molecule has 0 radical (unpaired) electrons. The second-order valence-electron chi connectivity index (χ2n) is 7.51. The molecule has 124 valence electrons. The van der Waals surface area contributed by atoms with E-state index in [9.17, 15) is 9.59 Å². The molecule has 0 amide bonds. The molecule has 0 unspecified atom stereocenters. The summed E-state index contributed by atoms with van der Waals surface area (Å²) >= 11 is 0. The number of H-pyrrole nitrogens is 1. The highest BCUT2D eigenvalue weighted by molar-refractivity contribution is 5.75. The lowest BCUT2D eigenvalue weighted by molar-refractivity contribution is 0.111. The topological polar surface area (TPSA) is 70.5 Å². The van der Waals surface area contributed by atoms with E-state index in [4.69, 9.17) is 0 Å². The molecular weight excluding hydrogens is 292 g/mol. The van der Waals surface area contributed by atoms with Gasteiger partial charge in [-0.15, -0.1) is 0 Å². The van der Waals surface area contributed by atoms with Crippen molar-refractivity contribution >= 4 is 11.9 Å². The van der Waals surface area contributed by atoms with Gasteiger partial charge in [0.25, 0.3) is 5.56 Å². The summed E-state index contributed by atoms with van der Waals surface area (Å²) in [6.45, 7) is 6.65. The van der Waals surface area contributed by atoms with Crippen LogP contribution in [0.15, 0.2) is 10.9 Å². The Labute approximate surface area is 135 Å². The molecular formula is C17H24N4O2. The van der Waals surface area contributed by atoms with E-state index < -0.39 is 0 Å². The van der Waals surface area contributed by atoms with Gasteiger partial charge in [0.2, 0.25) is 0 Å². The number of rotatable bonds is 4. The van der Waals surface area contributed by atoms with Crippen LogP contribution in [0.1, 0.15) is 61.8 Å². The third-order valence-corrected chi connectivity index (χ3v) is 4.77. The molecule has 1 N–H and O–H groups in total. The van der Waals surface area contributed by atoms with Gasteiger partial charge in [0.15, 0.2) is 11.9 Å². The number of carbonyl (C=O) groups excluding carboxylic acids is 1. The van der Waals surface area contributed by atoms with Gasteiger partial charge in [-0.1, -0.05) is 27.2 Å². The van der Waals surface area contributed by atoms with Crippen LogP contribution in [0, 0.1) is 0 Å². The molecule has 1 saturated carbocycles. The molecule has 6 nitrogen and oxygen atoms in total. The summed E-state index contributed by atoms with van der Waals surface area (Å²) < 4.78 is 1.46. The summed E-state index contributed by atoms with van der Waals surface area (Å²) in [6.07, 6.45) is 4.23. The largest absolute Gasteiger partial charge is 0.299 e. The highest BCUT2D eigenvalue weighted by atomic mass is 16.1. The first-order valence-electron chi connectivity index (χ1n) is 8.12. The van der Waals surface area contributed by atoms with Crippen LogP contribution in [0.3, 0.4) is 0 Å². The molecule has 1 fully saturated rings. The Hall–Kier alpha value is -1.95. The summed E-state index contributed by atoms with van der Waals surface area (Å²) in [5.41, 5.74) is 1.83. The van der Waals surface area contributed by atoms with E-state index in [0.29, 0.717) is 30.1 Å². The lowest BCUT2D eigenvalue weighted by atomic mass is 9.91. The van der Waals surface area contributed by atoms with E-state index in [-0.39, 0.29) is 16.7 Å². The minimum atomic E-state index is -0.182. The summed E-state index contributed by atoms with van der Waals surface area (Å²) in [7, 11) is 2.00. The fourth-order valence-corrected chi connectivity index (χ4v) is 2.91. The maximum atomic E-state index is 12.8. The minimum absolute atomic E-state index is 0.121. The lowest BCUT2D eigenvalue weighted by Gasteiger charge is -2.34. The van der Waals surface area contributed by atoms with Crippen molar-refractivity contribution in [3.05, 3.63) is 33.4 Å². The van der Waals surface area contributed by atoms with Gasteiger partial charge in [-0.05, 0) is 19.9 Å². The first-order valence-corrected chi connectivity index (χ1v) is 8.12. The Kier molecular flexibility index (Phi) is 3.88. The normalized spacial score (nSPS) is 16.0. The summed E-state index contributed by atoms with van der Waals surface area (Å²) in [5, 5.41) is 3.13. The molecule has 0 saturated heterocycles. The molecule has 1 aliphatic rings. The zero-order valence-corrected chi connectivity index (χ0v) is 14.2. The molecule has 23 heavy (non-hydrogen) atoms. The number of hydrogen-bond donors (Lipinski definition) is 1. The lowest BCUT2D eigenvalue weighted by Crippen LogP contribution is -2.39. The zero-order chi connectivity index (χ0) is 16.8. The number of nitrogens with one attached hydrogen (secondary N) is 1. The first kappa shape index (κ1) is 15.9. The van der Waals surface area contributed by atoms with Crippen LogP contribution < -0.4 is 5.56 Å². The fourth-order valence-electron chi connectivity index (χ4n) is 2.91. The predicted octanol–water partition coefficient (Wildman–Crippen LogP) is 2.12. The third kappa shape index (κ3) is 2.83. The van der Waals surface area contributed by atoms with E-state index in [2.05, 4.69) is 35.8 Å². The Morgan fingerprint density at radius 2 is 2.13 bits per heavy atom. The number of fused-ring (bicyclic) bond motifs is 1. The average Bonchev–Trinajstić information content (AvgIpc) is 2.84. The Balaban J connectivity index is 2.07. The highest BCUT2D eigenvalue weighted by Gasteiger charge is 2.25. The van der Waals surface area contributed by atoms with Crippen molar-refractivity contribution in [3.63, 3.8) is 0 Å². The van der Waals surface area contributed by atoms with Crippen molar-refractivity contribution in [1.29, 1.82) is 0 Å². The Bertz CT molecular complexity index is 793. The van der Waals surface area contributed by atoms with E-state index in [1.807, 2.05) is 13.1 Å². The first-order chi connectivity index (χ1) is 10.8. The van der Waals surface area contributed by atoms with E-state index in [0.717, 1.165) is 18.5 Å². The van der Waals surface area contributed by atoms with E-state index in [1.165, 1.54) is 10.9 Å². The van der Waals surface area contributed by atoms with Crippen molar-refractivity contribution in [2.75, 3.05) is 7.05 Å². The maximum absolute atomic E-state index is 12.8. The molecule has 0 aromatic carbocycles.